The minimum atomic E-state index is -0.816. The number of nitrogens with two attached hydrogens (primary N) is 1. The molecule has 3 unspecified atom stereocenters. The zero-order valence-electron chi connectivity index (χ0n) is 10.7. The Labute approximate surface area is 106 Å². The van der Waals surface area contributed by atoms with Gasteiger partial charge in [0, 0.05) is 24.1 Å². The van der Waals surface area contributed by atoms with Crippen molar-refractivity contribution in [2.75, 3.05) is 6.61 Å². The molecule has 1 aliphatic heterocycles. The maximum absolute atomic E-state index is 13.9. The Kier molecular flexibility index (Phi) is 3.97. The van der Waals surface area contributed by atoms with Gasteiger partial charge in [-0.2, -0.15) is 0 Å². The fourth-order valence-corrected chi connectivity index (χ4v) is 2.65. The molecule has 0 aromatic heterocycles. The second-order valence-corrected chi connectivity index (χ2v) is 4.90. The van der Waals surface area contributed by atoms with Crippen molar-refractivity contribution in [1.82, 2.24) is 0 Å². The maximum Gasteiger partial charge on any atom is 0.163 e. The summed E-state index contributed by atoms with van der Waals surface area (Å²) in [7, 11) is 0. The number of halogens is 2. The third-order valence-corrected chi connectivity index (χ3v) is 3.79. The molecule has 3 atom stereocenters. The van der Waals surface area contributed by atoms with Crippen LogP contribution in [0.1, 0.15) is 36.9 Å². The van der Waals surface area contributed by atoms with Crippen molar-refractivity contribution < 1.29 is 13.5 Å². The highest BCUT2D eigenvalue weighted by molar-refractivity contribution is 5.28. The highest BCUT2D eigenvalue weighted by Crippen LogP contribution is 2.34. The molecule has 1 saturated heterocycles. The van der Waals surface area contributed by atoms with E-state index in [0.29, 0.717) is 12.2 Å². The molecule has 4 heteroatoms. The van der Waals surface area contributed by atoms with Gasteiger partial charge in [-0.15, -0.1) is 0 Å². The Morgan fingerprint density at radius 3 is 2.78 bits per heavy atom. The third kappa shape index (κ3) is 2.27. The number of ether oxygens (including phenoxy) is 1. The van der Waals surface area contributed by atoms with Gasteiger partial charge in [0.25, 0.3) is 0 Å². The molecule has 100 valence electrons. The largest absolute Gasteiger partial charge is 0.378 e. The number of hydrogen-bond acceptors (Lipinski definition) is 2. The first-order valence-corrected chi connectivity index (χ1v) is 6.38. The van der Waals surface area contributed by atoms with E-state index in [-0.39, 0.29) is 17.6 Å². The van der Waals surface area contributed by atoms with Crippen molar-refractivity contribution in [2.45, 2.75) is 38.8 Å². The molecule has 1 fully saturated rings. The van der Waals surface area contributed by atoms with Gasteiger partial charge in [-0.25, -0.2) is 8.78 Å². The second kappa shape index (κ2) is 5.33. The van der Waals surface area contributed by atoms with Gasteiger partial charge in [0.05, 0.1) is 6.10 Å². The van der Waals surface area contributed by atoms with Crippen LogP contribution in [0.25, 0.3) is 0 Å². The number of rotatable bonds is 3. The monoisotopic (exact) mass is 255 g/mol. The molecular formula is C14H19F2NO. The molecule has 1 heterocycles. The molecule has 2 N–H and O–H groups in total. The van der Waals surface area contributed by atoms with E-state index in [1.54, 1.807) is 19.1 Å². The molecule has 2 nitrogen and oxygen atoms in total. The SMILES string of the molecule is CCC1OCCC1C(N)c1ccc(C)c(F)c1F. The molecule has 0 spiro atoms. The van der Waals surface area contributed by atoms with E-state index in [1.165, 1.54) is 0 Å². The molecule has 0 amide bonds. The predicted molar refractivity (Wildman–Crippen MR) is 66.2 cm³/mol. The molecule has 0 radical (unpaired) electrons. The van der Waals surface area contributed by atoms with E-state index in [4.69, 9.17) is 10.5 Å². The van der Waals surface area contributed by atoms with Crippen molar-refractivity contribution >= 4 is 0 Å². The van der Waals surface area contributed by atoms with Gasteiger partial charge in [0.2, 0.25) is 0 Å². The van der Waals surface area contributed by atoms with Gasteiger partial charge in [-0.1, -0.05) is 19.1 Å². The van der Waals surface area contributed by atoms with Crippen LogP contribution in [0.3, 0.4) is 0 Å². The van der Waals surface area contributed by atoms with Gasteiger partial charge in [-0.05, 0) is 25.3 Å². The van der Waals surface area contributed by atoms with E-state index in [1.807, 2.05) is 6.92 Å². The molecule has 0 aliphatic carbocycles. The van der Waals surface area contributed by atoms with Crippen molar-refractivity contribution in [3.63, 3.8) is 0 Å². The minimum Gasteiger partial charge on any atom is -0.378 e. The van der Waals surface area contributed by atoms with Crippen molar-refractivity contribution in [1.29, 1.82) is 0 Å². The number of aryl methyl sites for hydroxylation is 1. The summed E-state index contributed by atoms with van der Waals surface area (Å²) in [4.78, 5) is 0. The van der Waals surface area contributed by atoms with E-state index in [2.05, 4.69) is 0 Å². The summed E-state index contributed by atoms with van der Waals surface area (Å²) in [5.41, 5.74) is 6.66. The Morgan fingerprint density at radius 1 is 1.39 bits per heavy atom. The topological polar surface area (TPSA) is 35.2 Å². The van der Waals surface area contributed by atoms with Crippen LogP contribution in [-0.2, 0) is 4.74 Å². The predicted octanol–water partition coefficient (Wildman–Crippen LogP) is 3.09. The fourth-order valence-electron chi connectivity index (χ4n) is 2.65. The Morgan fingerprint density at radius 2 is 2.11 bits per heavy atom. The van der Waals surface area contributed by atoms with E-state index in [9.17, 15) is 8.78 Å². The molecule has 1 aromatic rings. The summed E-state index contributed by atoms with van der Waals surface area (Å²) in [6, 6.07) is 2.65. The number of benzene rings is 1. The van der Waals surface area contributed by atoms with Crippen LogP contribution in [0.15, 0.2) is 12.1 Å². The second-order valence-electron chi connectivity index (χ2n) is 4.90. The summed E-state index contributed by atoms with van der Waals surface area (Å²) in [5, 5.41) is 0. The summed E-state index contributed by atoms with van der Waals surface area (Å²) in [5.74, 6) is -1.55. The molecule has 1 aliphatic rings. The molecular weight excluding hydrogens is 236 g/mol. The summed E-state index contributed by atoms with van der Waals surface area (Å²) >= 11 is 0. The zero-order valence-corrected chi connectivity index (χ0v) is 10.7. The summed E-state index contributed by atoms with van der Waals surface area (Å²) < 4.78 is 33.0. The van der Waals surface area contributed by atoms with Crippen LogP contribution in [0, 0.1) is 24.5 Å². The lowest BCUT2D eigenvalue weighted by Gasteiger charge is -2.24. The van der Waals surface area contributed by atoms with Gasteiger partial charge in [0.15, 0.2) is 11.6 Å². The van der Waals surface area contributed by atoms with Crippen LogP contribution in [0.5, 0.6) is 0 Å². The first kappa shape index (κ1) is 13.4. The lowest BCUT2D eigenvalue weighted by molar-refractivity contribution is 0.0809. The molecule has 0 saturated carbocycles. The van der Waals surface area contributed by atoms with Gasteiger partial charge in [-0.3, -0.25) is 0 Å². The number of hydrogen-bond donors (Lipinski definition) is 1. The normalized spacial score (nSPS) is 25.4. The maximum atomic E-state index is 13.9. The smallest absolute Gasteiger partial charge is 0.163 e. The molecule has 2 rings (SSSR count). The van der Waals surface area contributed by atoms with Crippen LogP contribution in [0.2, 0.25) is 0 Å². The molecule has 1 aromatic carbocycles. The molecule has 18 heavy (non-hydrogen) atoms. The Bertz CT molecular complexity index is 436. The van der Waals surface area contributed by atoms with Crippen molar-refractivity contribution in [2.24, 2.45) is 11.7 Å². The van der Waals surface area contributed by atoms with Crippen LogP contribution in [-0.4, -0.2) is 12.7 Å². The fraction of sp³-hybridized carbons (Fsp3) is 0.571. The first-order chi connectivity index (χ1) is 8.56. The average Bonchev–Trinajstić information content (AvgIpc) is 2.83. The lowest BCUT2D eigenvalue weighted by Crippen LogP contribution is -2.29. The van der Waals surface area contributed by atoms with Crippen LogP contribution >= 0.6 is 0 Å². The van der Waals surface area contributed by atoms with Gasteiger partial charge >= 0.3 is 0 Å². The van der Waals surface area contributed by atoms with E-state index in [0.717, 1.165) is 12.8 Å². The van der Waals surface area contributed by atoms with E-state index < -0.39 is 17.7 Å². The highest BCUT2D eigenvalue weighted by atomic mass is 19.2. The first-order valence-electron chi connectivity index (χ1n) is 6.38. The third-order valence-electron chi connectivity index (χ3n) is 3.79. The van der Waals surface area contributed by atoms with Gasteiger partial charge < -0.3 is 10.5 Å². The Hall–Kier alpha value is -1.00. The van der Waals surface area contributed by atoms with Gasteiger partial charge in [0.1, 0.15) is 0 Å². The average molecular weight is 255 g/mol. The minimum absolute atomic E-state index is 0.0452. The van der Waals surface area contributed by atoms with Crippen molar-refractivity contribution in [3.05, 3.63) is 34.9 Å². The zero-order chi connectivity index (χ0) is 13.3. The Balaban J connectivity index is 2.28. The van der Waals surface area contributed by atoms with Crippen LogP contribution < -0.4 is 5.73 Å². The lowest BCUT2D eigenvalue weighted by atomic mass is 9.87. The van der Waals surface area contributed by atoms with E-state index >= 15 is 0 Å². The summed E-state index contributed by atoms with van der Waals surface area (Å²) in [6.07, 6.45) is 1.69. The summed E-state index contributed by atoms with van der Waals surface area (Å²) in [6.45, 7) is 4.20. The molecule has 0 bridgehead atoms. The highest BCUT2D eigenvalue weighted by Gasteiger charge is 2.34. The van der Waals surface area contributed by atoms with Crippen molar-refractivity contribution in [3.8, 4) is 0 Å². The standard InChI is InChI=1S/C14H19F2NO/c1-3-11-9(6-7-18-11)14(17)10-5-4-8(2)12(15)13(10)16/h4-5,9,11,14H,3,6-7,17H2,1-2H3. The quantitative estimate of drug-likeness (QED) is 0.900. The van der Waals surface area contributed by atoms with Crippen LogP contribution in [0.4, 0.5) is 8.78 Å².